The Morgan fingerprint density at radius 3 is 2.66 bits per heavy atom. The van der Waals surface area contributed by atoms with Gasteiger partial charge in [0, 0.05) is 23.6 Å². The van der Waals surface area contributed by atoms with Crippen molar-refractivity contribution in [1.82, 2.24) is 10.3 Å². The monoisotopic (exact) mass is 504 g/mol. The van der Waals surface area contributed by atoms with Crippen molar-refractivity contribution in [2.24, 2.45) is 20.0 Å². The van der Waals surface area contributed by atoms with Crippen LogP contribution in [-0.2, 0) is 6.42 Å². The zero-order valence-corrected chi connectivity index (χ0v) is 20.5. The number of fused-ring (bicyclic) bond motifs is 2. The Hall–Kier alpha value is -4.89. The van der Waals surface area contributed by atoms with Crippen molar-refractivity contribution in [2.75, 3.05) is 7.11 Å². The predicted molar refractivity (Wildman–Crippen MR) is 148 cm³/mol. The summed E-state index contributed by atoms with van der Waals surface area (Å²) < 4.78 is 5.41. The summed E-state index contributed by atoms with van der Waals surface area (Å²) in [6.45, 7) is 0. The van der Waals surface area contributed by atoms with Gasteiger partial charge in [-0.1, -0.05) is 54.6 Å². The molecule has 38 heavy (non-hydrogen) atoms. The van der Waals surface area contributed by atoms with Crippen molar-refractivity contribution in [3.63, 3.8) is 0 Å². The Morgan fingerprint density at radius 2 is 1.82 bits per heavy atom. The van der Waals surface area contributed by atoms with Crippen molar-refractivity contribution in [1.29, 1.82) is 0 Å². The van der Waals surface area contributed by atoms with Gasteiger partial charge < -0.3 is 14.9 Å². The number of methoxy groups -OCH3 is 1. The topological polar surface area (TPSA) is 124 Å². The van der Waals surface area contributed by atoms with Crippen LogP contribution in [-0.4, -0.2) is 52.2 Å². The van der Waals surface area contributed by atoms with Gasteiger partial charge in [0.1, 0.15) is 29.7 Å². The van der Waals surface area contributed by atoms with Crippen LogP contribution >= 0.6 is 0 Å². The Balaban J connectivity index is 1.54. The van der Waals surface area contributed by atoms with Crippen LogP contribution < -0.4 is 10.1 Å². The maximum atomic E-state index is 11.5. The molecule has 0 radical (unpaired) electrons. The van der Waals surface area contributed by atoms with Crippen LogP contribution in [0.4, 0.5) is 0 Å². The number of aromatic nitrogens is 1. The molecule has 2 aliphatic rings. The number of rotatable bonds is 7. The minimum Gasteiger partial charge on any atom is -0.505 e. The van der Waals surface area contributed by atoms with Crippen LogP contribution in [0.5, 0.6) is 17.2 Å². The number of nitrogens with zero attached hydrogens (tertiary/aromatic N) is 5. The van der Waals surface area contributed by atoms with Gasteiger partial charge in [-0.25, -0.2) is 20.0 Å². The minimum atomic E-state index is -1.06. The van der Waals surface area contributed by atoms with E-state index in [1.165, 1.54) is 19.8 Å². The first-order valence-electron chi connectivity index (χ1n) is 12.1. The number of benzene rings is 3. The molecule has 0 fully saturated rings. The molecule has 2 unspecified atom stereocenters. The first-order chi connectivity index (χ1) is 18.6. The van der Waals surface area contributed by atoms with Gasteiger partial charge in [0.05, 0.1) is 13.2 Å². The number of amidine groups is 1. The average molecular weight is 505 g/mol. The van der Waals surface area contributed by atoms with Gasteiger partial charge in [-0.2, -0.15) is 0 Å². The minimum absolute atomic E-state index is 0.0112. The van der Waals surface area contributed by atoms with E-state index in [2.05, 4.69) is 25.3 Å². The number of aromatic hydroxyl groups is 2. The molecule has 3 N–H and O–H groups in total. The first kappa shape index (κ1) is 23.5. The average Bonchev–Trinajstić information content (AvgIpc) is 3.44. The number of nitrogens with one attached hydrogen (secondary N) is 1. The molecular formula is C29H24N6O3. The Labute approximate surface area is 218 Å². The largest absolute Gasteiger partial charge is 0.505 e. The van der Waals surface area contributed by atoms with E-state index in [0.29, 0.717) is 34.8 Å². The fourth-order valence-electron chi connectivity index (χ4n) is 4.90. The van der Waals surface area contributed by atoms with Crippen molar-refractivity contribution in [3.8, 4) is 17.2 Å². The fourth-order valence-corrected chi connectivity index (χ4v) is 4.90. The van der Waals surface area contributed by atoms with E-state index in [1.54, 1.807) is 24.4 Å². The van der Waals surface area contributed by atoms with Crippen LogP contribution in [0.25, 0.3) is 10.9 Å². The fraction of sp³-hybridized carbons (Fsp3) is 0.138. The van der Waals surface area contributed by atoms with Gasteiger partial charge in [0.25, 0.3) is 0 Å². The SMILES string of the molecule is COc1cc(C(NC2(Cc3ccccc3)N=CN=C3N=CN=C32)c2ccc3cccnc3c2O)ccc1O. The number of pyridine rings is 1. The summed E-state index contributed by atoms with van der Waals surface area (Å²) >= 11 is 0. The van der Waals surface area contributed by atoms with Crippen LogP contribution in [0.15, 0.2) is 99.0 Å². The molecule has 2 atom stereocenters. The lowest BCUT2D eigenvalue weighted by Gasteiger charge is -2.37. The van der Waals surface area contributed by atoms with Crippen molar-refractivity contribution < 1.29 is 14.9 Å². The molecule has 2 aliphatic heterocycles. The van der Waals surface area contributed by atoms with Gasteiger partial charge in [-0.05, 0) is 29.3 Å². The number of phenols is 2. The zero-order valence-electron chi connectivity index (χ0n) is 20.5. The number of hydrogen-bond donors (Lipinski definition) is 3. The highest BCUT2D eigenvalue weighted by molar-refractivity contribution is 6.50. The molecule has 3 aromatic carbocycles. The molecule has 0 bridgehead atoms. The van der Waals surface area contributed by atoms with Crippen molar-refractivity contribution >= 4 is 35.1 Å². The van der Waals surface area contributed by atoms with Crippen LogP contribution in [0.3, 0.4) is 0 Å². The Morgan fingerprint density at radius 1 is 0.947 bits per heavy atom. The van der Waals surface area contributed by atoms with E-state index in [1.807, 2.05) is 54.6 Å². The van der Waals surface area contributed by atoms with Gasteiger partial charge in [-0.15, -0.1) is 0 Å². The van der Waals surface area contributed by atoms with Gasteiger partial charge in [0.2, 0.25) is 0 Å². The lowest BCUT2D eigenvalue weighted by atomic mass is 9.89. The van der Waals surface area contributed by atoms with E-state index >= 15 is 0 Å². The highest BCUT2D eigenvalue weighted by Gasteiger charge is 2.44. The molecule has 4 aromatic rings. The smallest absolute Gasteiger partial charge is 0.180 e. The molecular weight excluding hydrogens is 480 g/mol. The third-order valence-corrected chi connectivity index (χ3v) is 6.74. The molecule has 9 heteroatoms. The first-order valence-corrected chi connectivity index (χ1v) is 12.1. The molecule has 0 saturated heterocycles. The van der Waals surface area contributed by atoms with Crippen LogP contribution in [0, 0.1) is 0 Å². The molecule has 0 amide bonds. The molecule has 3 heterocycles. The summed E-state index contributed by atoms with van der Waals surface area (Å²) in [4.78, 5) is 22.4. The van der Waals surface area contributed by atoms with E-state index in [-0.39, 0.29) is 11.5 Å². The van der Waals surface area contributed by atoms with E-state index in [0.717, 1.165) is 16.5 Å². The van der Waals surface area contributed by atoms with Crippen molar-refractivity contribution in [3.05, 3.63) is 95.7 Å². The summed E-state index contributed by atoms with van der Waals surface area (Å²) in [5.74, 6) is 0.841. The number of hydrogen-bond acceptors (Lipinski definition) is 9. The highest BCUT2D eigenvalue weighted by atomic mass is 16.5. The van der Waals surface area contributed by atoms with E-state index in [4.69, 9.17) is 9.73 Å². The third-order valence-electron chi connectivity index (χ3n) is 6.74. The molecule has 6 rings (SSSR count). The highest BCUT2D eigenvalue weighted by Crippen LogP contribution is 2.39. The van der Waals surface area contributed by atoms with Gasteiger partial charge in [-0.3, -0.25) is 10.3 Å². The molecule has 0 aliphatic carbocycles. The standard InChI is InChI=1S/C29H24N6O3/c1-38-23-14-20(10-12-22(23)36)24(21-11-9-19-8-5-13-30-25(19)26(21)37)35-29(15-18-6-3-2-4-7-18)27-28(32-16-31-27)33-17-34-29/h2-14,16-17,24,35-37H,15H2,1H3. The third kappa shape index (κ3) is 4.08. The number of aliphatic imine (C=N–C) groups is 4. The molecule has 1 aromatic heterocycles. The molecule has 0 saturated carbocycles. The van der Waals surface area contributed by atoms with Crippen LogP contribution in [0.1, 0.15) is 22.7 Å². The summed E-state index contributed by atoms with van der Waals surface area (Å²) in [6, 6.07) is 21.9. The second-order valence-electron chi connectivity index (χ2n) is 9.03. The molecule has 9 nitrogen and oxygen atoms in total. The Kier molecular flexibility index (Phi) is 5.89. The second-order valence-corrected chi connectivity index (χ2v) is 9.03. The lowest BCUT2D eigenvalue weighted by Crippen LogP contribution is -2.56. The summed E-state index contributed by atoms with van der Waals surface area (Å²) in [5, 5.41) is 26.2. The summed E-state index contributed by atoms with van der Waals surface area (Å²) in [7, 11) is 1.49. The Bertz CT molecular complexity index is 1650. The van der Waals surface area contributed by atoms with E-state index < -0.39 is 11.7 Å². The number of phenolic OH excluding ortho intramolecular Hbond substituents is 2. The molecule has 0 spiro atoms. The lowest BCUT2D eigenvalue weighted by molar-refractivity contribution is 0.369. The number of ether oxygens (including phenoxy) is 1. The van der Waals surface area contributed by atoms with E-state index in [9.17, 15) is 10.2 Å². The summed E-state index contributed by atoms with van der Waals surface area (Å²) in [6.07, 6.45) is 5.06. The van der Waals surface area contributed by atoms with Crippen molar-refractivity contribution in [2.45, 2.75) is 18.1 Å². The normalized spacial score (nSPS) is 18.7. The maximum absolute atomic E-state index is 11.5. The zero-order chi connectivity index (χ0) is 26.1. The second kappa shape index (κ2) is 9.53. The van der Waals surface area contributed by atoms with Crippen LogP contribution in [0.2, 0.25) is 0 Å². The maximum Gasteiger partial charge on any atom is 0.180 e. The quantitative estimate of drug-likeness (QED) is 0.348. The van der Waals surface area contributed by atoms with Gasteiger partial charge in [0.15, 0.2) is 23.0 Å². The molecule has 188 valence electrons. The predicted octanol–water partition coefficient (Wildman–Crippen LogP) is 4.20. The van der Waals surface area contributed by atoms with Gasteiger partial charge >= 0.3 is 0 Å². The summed E-state index contributed by atoms with van der Waals surface area (Å²) in [5.41, 5.74) is 2.34.